The molecule has 1 aromatic rings. The van der Waals surface area contributed by atoms with Crippen LogP contribution in [0.3, 0.4) is 0 Å². The molecule has 1 radical (unpaired) electrons. The third-order valence-electron chi connectivity index (χ3n) is 1.64. The largest absolute Gasteiger partial charge is 0.458 e. The zero-order valence-electron chi connectivity index (χ0n) is 9.43. The molecule has 1 rings (SSSR count). The van der Waals surface area contributed by atoms with Gasteiger partial charge in [-0.05, 0) is 5.56 Å². The Balaban J connectivity index is 0.00000225. The van der Waals surface area contributed by atoms with Crippen LogP contribution in [0.4, 0.5) is 0 Å². The SMILES string of the molecule is CC(=O)OCC(=O)OCc1ccccc1.[Li]. The van der Waals surface area contributed by atoms with Crippen molar-refractivity contribution in [3.8, 4) is 0 Å². The quantitative estimate of drug-likeness (QED) is 0.553. The Morgan fingerprint density at radius 2 is 1.75 bits per heavy atom. The number of carbonyl (C=O) groups excluding carboxylic acids is 2. The van der Waals surface area contributed by atoms with Crippen molar-refractivity contribution >= 4 is 30.8 Å². The second-order valence-electron chi connectivity index (χ2n) is 2.93. The zero-order chi connectivity index (χ0) is 11.1. The van der Waals surface area contributed by atoms with Crippen LogP contribution >= 0.6 is 0 Å². The monoisotopic (exact) mass is 215 g/mol. The first-order valence-corrected chi connectivity index (χ1v) is 4.51. The van der Waals surface area contributed by atoms with Gasteiger partial charge in [-0.15, -0.1) is 0 Å². The molecule has 0 amide bonds. The van der Waals surface area contributed by atoms with Crippen molar-refractivity contribution in [1.29, 1.82) is 0 Å². The fourth-order valence-corrected chi connectivity index (χ4v) is 0.940. The van der Waals surface area contributed by atoms with Gasteiger partial charge in [-0.3, -0.25) is 4.79 Å². The van der Waals surface area contributed by atoms with Gasteiger partial charge in [-0.25, -0.2) is 4.79 Å². The summed E-state index contributed by atoms with van der Waals surface area (Å²) in [4.78, 5) is 21.4. The van der Waals surface area contributed by atoms with Crippen LogP contribution in [-0.4, -0.2) is 37.4 Å². The summed E-state index contributed by atoms with van der Waals surface area (Å²) in [6, 6.07) is 9.28. The minimum atomic E-state index is -0.547. The fourth-order valence-electron chi connectivity index (χ4n) is 0.940. The van der Waals surface area contributed by atoms with Crippen LogP contribution in [0.1, 0.15) is 12.5 Å². The van der Waals surface area contributed by atoms with E-state index in [1.54, 1.807) is 0 Å². The Bertz CT molecular complexity index is 337. The van der Waals surface area contributed by atoms with Crippen LogP contribution in [0.5, 0.6) is 0 Å². The van der Waals surface area contributed by atoms with Crippen molar-refractivity contribution in [3.05, 3.63) is 35.9 Å². The predicted octanol–water partition coefficient (Wildman–Crippen LogP) is 0.912. The minimum absolute atomic E-state index is 0. The van der Waals surface area contributed by atoms with Crippen molar-refractivity contribution in [2.75, 3.05) is 6.61 Å². The molecule has 0 atom stereocenters. The summed E-state index contributed by atoms with van der Waals surface area (Å²) >= 11 is 0. The summed E-state index contributed by atoms with van der Waals surface area (Å²) in [5, 5.41) is 0. The number of rotatable bonds is 4. The van der Waals surface area contributed by atoms with E-state index in [1.807, 2.05) is 30.3 Å². The van der Waals surface area contributed by atoms with Crippen LogP contribution in [0.25, 0.3) is 0 Å². The van der Waals surface area contributed by atoms with E-state index < -0.39 is 11.9 Å². The molecule has 0 aliphatic heterocycles. The standard InChI is InChI=1S/C11H12O4.Li/c1-9(12)14-8-11(13)15-7-10-5-3-2-4-6-10;/h2-6H,7-8H2,1H3;. The molecule has 0 saturated heterocycles. The van der Waals surface area contributed by atoms with E-state index in [-0.39, 0.29) is 32.1 Å². The average molecular weight is 215 g/mol. The van der Waals surface area contributed by atoms with Gasteiger partial charge >= 0.3 is 11.9 Å². The van der Waals surface area contributed by atoms with Crippen LogP contribution in [-0.2, 0) is 25.7 Å². The van der Waals surface area contributed by atoms with Gasteiger partial charge in [0.05, 0.1) is 0 Å². The third-order valence-corrected chi connectivity index (χ3v) is 1.64. The summed E-state index contributed by atoms with van der Waals surface area (Å²) in [5.74, 6) is -1.04. The molecule has 0 fully saturated rings. The predicted molar refractivity (Wildman–Crippen MR) is 58.6 cm³/mol. The second-order valence-corrected chi connectivity index (χ2v) is 2.93. The molecule has 1 aromatic carbocycles. The van der Waals surface area contributed by atoms with Gasteiger partial charge < -0.3 is 9.47 Å². The van der Waals surface area contributed by atoms with E-state index in [1.165, 1.54) is 6.92 Å². The first-order valence-electron chi connectivity index (χ1n) is 4.51. The van der Waals surface area contributed by atoms with Crippen molar-refractivity contribution in [2.45, 2.75) is 13.5 Å². The van der Waals surface area contributed by atoms with Gasteiger partial charge in [0.15, 0.2) is 6.61 Å². The zero-order valence-corrected chi connectivity index (χ0v) is 9.43. The first kappa shape index (κ1) is 14.8. The third kappa shape index (κ3) is 6.28. The van der Waals surface area contributed by atoms with Crippen molar-refractivity contribution < 1.29 is 19.1 Å². The molecule has 0 aliphatic rings. The number of carbonyl (C=O) groups is 2. The van der Waals surface area contributed by atoms with E-state index in [0.29, 0.717) is 0 Å². The molecule has 0 saturated carbocycles. The summed E-state index contributed by atoms with van der Waals surface area (Å²) in [7, 11) is 0. The Kier molecular flexibility index (Phi) is 7.35. The van der Waals surface area contributed by atoms with E-state index >= 15 is 0 Å². The molecular formula is C11H12LiO4. The van der Waals surface area contributed by atoms with E-state index in [4.69, 9.17) is 4.74 Å². The van der Waals surface area contributed by atoms with Gasteiger partial charge in [0.25, 0.3) is 0 Å². The maximum atomic E-state index is 11.0. The molecular weight excluding hydrogens is 203 g/mol. The minimum Gasteiger partial charge on any atom is -0.458 e. The second kappa shape index (κ2) is 7.97. The number of ether oxygens (including phenoxy) is 2. The molecule has 0 spiro atoms. The molecule has 0 N–H and O–H groups in total. The topological polar surface area (TPSA) is 52.6 Å². The number of hydrogen-bond donors (Lipinski definition) is 0. The Hall–Kier alpha value is -1.24. The normalized spacial score (nSPS) is 8.81. The van der Waals surface area contributed by atoms with E-state index in [0.717, 1.165) is 5.56 Å². The number of benzene rings is 1. The summed E-state index contributed by atoms with van der Waals surface area (Å²) in [5.41, 5.74) is 0.897. The van der Waals surface area contributed by atoms with Gasteiger partial charge in [0.2, 0.25) is 0 Å². The molecule has 0 bridgehead atoms. The smallest absolute Gasteiger partial charge is 0.344 e. The molecule has 16 heavy (non-hydrogen) atoms. The molecule has 5 heteroatoms. The number of esters is 2. The van der Waals surface area contributed by atoms with Crippen LogP contribution in [0.15, 0.2) is 30.3 Å². The van der Waals surface area contributed by atoms with Crippen molar-refractivity contribution in [2.24, 2.45) is 0 Å². The van der Waals surface area contributed by atoms with Crippen LogP contribution in [0.2, 0.25) is 0 Å². The summed E-state index contributed by atoms with van der Waals surface area (Å²) in [6.45, 7) is 1.10. The summed E-state index contributed by atoms with van der Waals surface area (Å²) < 4.78 is 9.34. The summed E-state index contributed by atoms with van der Waals surface area (Å²) in [6.07, 6.45) is 0. The Labute approximate surface area is 106 Å². The van der Waals surface area contributed by atoms with Gasteiger partial charge in [0, 0.05) is 25.8 Å². The molecule has 0 aliphatic carbocycles. The number of hydrogen-bond acceptors (Lipinski definition) is 4. The van der Waals surface area contributed by atoms with Gasteiger partial charge in [-0.1, -0.05) is 30.3 Å². The molecule has 0 unspecified atom stereocenters. The Morgan fingerprint density at radius 1 is 1.12 bits per heavy atom. The average Bonchev–Trinajstić information content (AvgIpc) is 2.25. The maximum Gasteiger partial charge on any atom is 0.344 e. The first-order chi connectivity index (χ1) is 7.18. The van der Waals surface area contributed by atoms with Gasteiger partial charge in [0.1, 0.15) is 6.61 Å². The Morgan fingerprint density at radius 3 is 2.31 bits per heavy atom. The van der Waals surface area contributed by atoms with Crippen molar-refractivity contribution in [3.63, 3.8) is 0 Å². The fraction of sp³-hybridized carbons (Fsp3) is 0.273. The maximum absolute atomic E-state index is 11.0. The molecule has 4 nitrogen and oxygen atoms in total. The van der Waals surface area contributed by atoms with Crippen LogP contribution < -0.4 is 0 Å². The van der Waals surface area contributed by atoms with E-state index in [9.17, 15) is 9.59 Å². The molecule has 0 heterocycles. The van der Waals surface area contributed by atoms with Crippen LogP contribution in [0, 0.1) is 0 Å². The van der Waals surface area contributed by atoms with E-state index in [2.05, 4.69) is 4.74 Å². The van der Waals surface area contributed by atoms with Crippen molar-refractivity contribution in [1.82, 2.24) is 0 Å². The molecule has 81 valence electrons. The van der Waals surface area contributed by atoms with Gasteiger partial charge in [-0.2, -0.15) is 0 Å². The molecule has 0 aromatic heterocycles.